The van der Waals surface area contributed by atoms with Gasteiger partial charge in [0.25, 0.3) is 5.91 Å². The largest absolute Gasteiger partial charge is 0.398 e. The molecule has 0 spiro atoms. The number of nitrogens with one attached hydrogen (secondary N) is 1. The highest BCUT2D eigenvalue weighted by Gasteiger charge is 2.10. The Kier molecular flexibility index (Phi) is 3.34. The zero-order valence-corrected chi connectivity index (χ0v) is 10.3. The van der Waals surface area contributed by atoms with E-state index in [2.05, 4.69) is 31.2 Å². The first-order valence-electron chi connectivity index (χ1n) is 4.78. The number of halogens is 1. The van der Waals surface area contributed by atoms with E-state index in [0.29, 0.717) is 16.9 Å². The molecule has 86 valence electrons. The highest BCUT2D eigenvalue weighted by molar-refractivity contribution is 9.10. The first-order chi connectivity index (χ1) is 8.16. The molecule has 0 aliphatic heterocycles. The predicted molar refractivity (Wildman–Crippen MR) is 68.5 cm³/mol. The number of nitrogen functional groups attached to an aromatic ring is 1. The average Bonchev–Trinajstić information content (AvgIpc) is 2.30. The number of carbonyl (C=O) groups is 1. The minimum atomic E-state index is -0.287. The summed E-state index contributed by atoms with van der Waals surface area (Å²) >= 11 is 3.28. The molecule has 5 nitrogen and oxygen atoms in total. The quantitative estimate of drug-likeness (QED) is 0.831. The molecule has 2 aromatic rings. The maximum atomic E-state index is 11.9. The van der Waals surface area contributed by atoms with E-state index >= 15 is 0 Å². The zero-order valence-electron chi connectivity index (χ0n) is 8.72. The van der Waals surface area contributed by atoms with Crippen molar-refractivity contribution in [1.29, 1.82) is 0 Å². The standard InChI is InChI=1S/C11H9BrN4O/c12-7-1-2-9(10(13)3-7)11(17)16-8-4-14-6-15-5-8/h1-6H,13H2,(H,16,17). The van der Waals surface area contributed by atoms with Crippen LogP contribution in [0.15, 0.2) is 41.4 Å². The van der Waals surface area contributed by atoms with Crippen molar-refractivity contribution >= 4 is 33.2 Å². The second-order valence-electron chi connectivity index (χ2n) is 3.31. The van der Waals surface area contributed by atoms with Crippen LogP contribution in [0.5, 0.6) is 0 Å². The van der Waals surface area contributed by atoms with Crippen LogP contribution in [-0.4, -0.2) is 15.9 Å². The molecule has 6 heteroatoms. The second kappa shape index (κ2) is 4.92. The molecule has 1 amide bonds. The fourth-order valence-corrected chi connectivity index (χ4v) is 1.68. The van der Waals surface area contributed by atoms with E-state index in [4.69, 9.17) is 5.73 Å². The molecule has 0 saturated carbocycles. The number of benzene rings is 1. The maximum Gasteiger partial charge on any atom is 0.257 e. The predicted octanol–water partition coefficient (Wildman–Crippen LogP) is 2.07. The van der Waals surface area contributed by atoms with Gasteiger partial charge in [-0.1, -0.05) is 15.9 Å². The van der Waals surface area contributed by atoms with Gasteiger partial charge in [0, 0.05) is 10.2 Å². The van der Waals surface area contributed by atoms with Gasteiger partial charge in [0.15, 0.2) is 0 Å². The van der Waals surface area contributed by atoms with Gasteiger partial charge in [0.1, 0.15) is 6.33 Å². The third-order valence-electron chi connectivity index (χ3n) is 2.08. The molecule has 1 aromatic carbocycles. The lowest BCUT2D eigenvalue weighted by atomic mass is 10.1. The van der Waals surface area contributed by atoms with Gasteiger partial charge < -0.3 is 11.1 Å². The van der Waals surface area contributed by atoms with Crippen molar-refractivity contribution in [2.24, 2.45) is 0 Å². The molecule has 17 heavy (non-hydrogen) atoms. The summed E-state index contributed by atoms with van der Waals surface area (Å²) in [7, 11) is 0. The van der Waals surface area contributed by atoms with Crippen molar-refractivity contribution < 1.29 is 4.79 Å². The van der Waals surface area contributed by atoms with Gasteiger partial charge in [-0.15, -0.1) is 0 Å². The van der Waals surface area contributed by atoms with Crippen molar-refractivity contribution in [2.75, 3.05) is 11.1 Å². The van der Waals surface area contributed by atoms with Gasteiger partial charge in [0.2, 0.25) is 0 Å². The van der Waals surface area contributed by atoms with Crippen LogP contribution in [0.25, 0.3) is 0 Å². The fraction of sp³-hybridized carbons (Fsp3) is 0. The third kappa shape index (κ3) is 2.79. The lowest BCUT2D eigenvalue weighted by molar-refractivity contribution is 0.102. The summed E-state index contributed by atoms with van der Waals surface area (Å²) < 4.78 is 0.828. The van der Waals surface area contributed by atoms with Crippen LogP contribution in [-0.2, 0) is 0 Å². The first-order valence-corrected chi connectivity index (χ1v) is 5.57. The highest BCUT2D eigenvalue weighted by Crippen LogP contribution is 2.19. The molecule has 0 radical (unpaired) electrons. The van der Waals surface area contributed by atoms with E-state index in [9.17, 15) is 4.79 Å². The monoisotopic (exact) mass is 292 g/mol. The van der Waals surface area contributed by atoms with E-state index in [1.165, 1.54) is 18.7 Å². The Balaban J connectivity index is 2.21. The van der Waals surface area contributed by atoms with Gasteiger partial charge >= 0.3 is 0 Å². The highest BCUT2D eigenvalue weighted by atomic mass is 79.9. The molecule has 0 saturated heterocycles. The van der Waals surface area contributed by atoms with Crippen molar-refractivity contribution in [3.8, 4) is 0 Å². The van der Waals surface area contributed by atoms with E-state index < -0.39 is 0 Å². The number of anilines is 2. The number of nitrogens with zero attached hydrogens (tertiary/aromatic N) is 2. The van der Waals surface area contributed by atoms with Crippen LogP contribution >= 0.6 is 15.9 Å². The van der Waals surface area contributed by atoms with Crippen molar-refractivity contribution in [2.45, 2.75) is 0 Å². The van der Waals surface area contributed by atoms with E-state index in [1.807, 2.05) is 0 Å². The molecule has 1 aromatic heterocycles. The molecule has 0 fully saturated rings. The Morgan fingerprint density at radius 1 is 1.29 bits per heavy atom. The summed E-state index contributed by atoms with van der Waals surface area (Å²) in [6.07, 6.45) is 4.42. The molecule has 0 unspecified atom stereocenters. The summed E-state index contributed by atoms with van der Waals surface area (Å²) in [5, 5.41) is 2.66. The van der Waals surface area contributed by atoms with Crippen molar-refractivity contribution in [1.82, 2.24) is 9.97 Å². The second-order valence-corrected chi connectivity index (χ2v) is 4.23. The van der Waals surface area contributed by atoms with Crippen LogP contribution in [0.2, 0.25) is 0 Å². The molecule has 0 bridgehead atoms. The molecule has 0 aliphatic carbocycles. The van der Waals surface area contributed by atoms with Gasteiger partial charge in [0.05, 0.1) is 23.6 Å². The van der Waals surface area contributed by atoms with Gasteiger partial charge in [-0.2, -0.15) is 0 Å². The number of amides is 1. The zero-order chi connectivity index (χ0) is 12.3. The van der Waals surface area contributed by atoms with Crippen molar-refractivity contribution in [3.63, 3.8) is 0 Å². The Labute approximate surface area is 106 Å². The molecule has 2 rings (SSSR count). The maximum absolute atomic E-state index is 11.9. The van der Waals surface area contributed by atoms with Crippen molar-refractivity contribution in [3.05, 3.63) is 47.0 Å². The van der Waals surface area contributed by atoms with Crippen LogP contribution in [0.1, 0.15) is 10.4 Å². The Morgan fingerprint density at radius 2 is 2.00 bits per heavy atom. The summed E-state index contributed by atoms with van der Waals surface area (Å²) in [5.74, 6) is -0.287. The van der Waals surface area contributed by atoms with Crippen LogP contribution in [0, 0.1) is 0 Å². The fourth-order valence-electron chi connectivity index (χ4n) is 1.30. The molecular formula is C11H9BrN4O. The number of rotatable bonds is 2. The van der Waals surface area contributed by atoms with E-state index in [1.54, 1.807) is 18.2 Å². The van der Waals surface area contributed by atoms with Crippen LogP contribution in [0.3, 0.4) is 0 Å². The number of hydrogen-bond acceptors (Lipinski definition) is 4. The molecule has 1 heterocycles. The summed E-state index contributed by atoms with van der Waals surface area (Å²) in [6, 6.07) is 5.09. The van der Waals surface area contributed by atoms with Crippen LogP contribution < -0.4 is 11.1 Å². The molecular weight excluding hydrogens is 284 g/mol. The first kappa shape index (κ1) is 11.5. The number of carbonyl (C=O) groups excluding carboxylic acids is 1. The lowest BCUT2D eigenvalue weighted by Crippen LogP contribution is -2.14. The minimum absolute atomic E-state index is 0.287. The Morgan fingerprint density at radius 3 is 2.65 bits per heavy atom. The minimum Gasteiger partial charge on any atom is -0.398 e. The molecule has 0 aliphatic rings. The van der Waals surface area contributed by atoms with Crippen LogP contribution in [0.4, 0.5) is 11.4 Å². The number of aromatic nitrogens is 2. The van der Waals surface area contributed by atoms with Gasteiger partial charge in [-0.05, 0) is 18.2 Å². The average molecular weight is 293 g/mol. The third-order valence-corrected chi connectivity index (χ3v) is 2.57. The number of hydrogen-bond donors (Lipinski definition) is 2. The van der Waals surface area contributed by atoms with E-state index in [0.717, 1.165) is 4.47 Å². The topological polar surface area (TPSA) is 80.9 Å². The summed E-state index contributed by atoms with van der Waals surface area (Å²) in [5.41, 5.74) is 7.11. The summed E-state index contributed by atoms with van der Waals surface area (Å²) in [4.78, 5) is 19.5. The van der Waals surface area contributed by atoms with E-state index in [-0.39, 0.29) is 5.91 Å². The smallest absolute Gasteiger partial charge is 0.257 e. The summed E-state index contributed by atoms with van der Waals surface area (Å²) in [6.45, 7) is 0. The van der Waals surface area contributed by atoms with Gasteiger partial charge in [-0.25, -0.2) is 9.97 Å². The lowest BCUT2D eigenvalue weighted by Gasteiger charge is -2.06. The molecule has 0 atom stereocenters. The van der Waals surface area contributed by atoms with Gasteiger partial charge in [-0.3, -0.25) is 4.79 Å². The Bertz CT molecular complexity index is 544. The molecule has 3 N–H and O–H groups in total. The SMILES string of the molecule is Nc1cc(Br)ccc1C(=O)Nc1cncnc1. The normalized spacial score (nSPS) is 9.94. The Hall–Kier alpha value is -1.95. The number of nitrogens with two attached hydrogens (primary N) is 1.